The van der Waals surface area contributed by atoms with Crippen molar-refractivity contribution in [3.63, 3.8) is 0 Å². The molecule has 232 valence electrons. The summed E-state index contributed by atoms with van der Waals surface area (Å²) in [6.45, 7) is 7.90. The predicted molar refractivity (Wildman–Crippen MR) is 176 cm³/mol. The number of likely N-dealkylation sites (tertiary alicyclic amines) is 1. The molecule has 1 aliphatic rings. The van der Waals surface area contributed by atoms with Crippen molar-refractivity contribution < 1.29 is 18.9 Å². The fraction of sp³-hybridized carbons (Fsp3) is 0.385. The van der Waals surface area contributed by atoms with Gasteiger partial charge in [0.15, 0.2) is 0 Å². The van der Waals surface area contributed by atoms with Crippen molar-refractivity contribution in [1.29, 1.82) is 0 Å². The summed E-state index contributed by atoms with van der Waals surface area (Å²) in [5.74, 6) is 0. The van der Waals surface area contributed by atoms with Crippen molar-refractivity contribution >= 4 is 0 Å². The van der Waals surface area contributed by atoms with Crippen LogP contribution >= 0.6 is 0 Å². The normalized spacial score (nSPS) is 20.6. The molecule has 44 heavy (non-hydrogen) atoms. The lowest BCUT2D eigenvalue weighted by atomic mass is 9.90. The van der Waals surface area contributed by atoms with E-state index in [0.717, 1.165) is 36.1 Å². The molecule has 5 nitrogen and oxygen atoms in total. The lowest BCUT2D eigenvalue weighted by Gasteiger charge is -2.51. The van der Waals surface area contributed by atoms with Crippen molar-refractivity contribution in [2.75, 3.05) is 13.2 Å². The van der Waals surface area contributed by atoms with Crippen LogP contribution in [0.15, 0.2) is 121 Å². The summed E-state index contributed by atoms with van der Waals surface area (Å²) >= 11 is 0. The van der Waals surface area contributed by atoms with E-state index in [2.05, 4.69) is 116 Å². The van der Waals surface area contributed by atoms with Gasteiger partial charge in [-0.1, -0.05) is 135 Å². The highest BCUT2D eigenvalue weighted by molar-refractivity contribution is 5.16. The average molecular weight is 594 g/mol. The third-order valence-corrected chi connectivity index (χ3v) is 8.58. The molecule has 4 unspecified atom stereocenters. The van der Waals surface area contributed by atoms with Gasteiger partial charge < -0.3 is 18.9 Å². The SMILES string of the molecule is CCC(CC)N1CC(OCc2ccccc2)C(OCc2ccccc2)C(OCc2ccccc2)C1COCc1ccccc1. The summed E-state index contributed by atoms with van der Waals surface area (Å²) in [4.78, 5) is 2.58. The highest BCUT2D eigenvalue weighted by Crippen LogP contribution is 2.32. The van der Waals surface area contributed by atoms with Crippen LogP contribution in [-0.4, -0.2) is 48.4 Å². The van der Waals surface area contributed by atoms with Gasteiger partial charge in [-0.2, -0.15) is 0 Å². The van der Waals surface area contributed by atoms with Gasteiger partial charge in [-0.15, -0.1) is 0 Å². The average Bonchev–Trinajstić information content (AvgIpc) is 3.09. The van der Waals surface area contributed by atoms with E-state index in [1.54, 1.807) is 0 Å². The Balaban J connectivity index is 1.45. The Kier molecular flexibility index (Phi) is 12.6. The molecule has 0 aromatic heterocycles. The molecule has 0 N–H and O–H groups in total. The van der Waals surface area contributed by atoms with Crippen LogP contribution in [0, 0.1) is 0 Å². The van der Waals surface area contributed by atoms with Crippen LogP contribution in [0.3, 0.4) is 0 Å². The van der Waals surface area contributed by atoms with Gasteiger partial charge in [0.25, 0.3) is 0 Å². The molecular weight excluding hydrogens is 546 g/mol. The minimum absolute atomic E-state index is 0.00433. The third kappa shape index (κ3) is 9.10. The zero-order valence-electron chi connectivity index (χ0n) is 26.2. The van der Waals surface area contributed by atoms with Gasteiger partial charge in [-0.3, -0.25) is 4.90 Å². The van der Waals surface area contributed by atoms with Gasteiger partial charge in [-0.05, 0) is 35.1 Å². The highest BCUT2D eigenvalue weighted by atomic mass is 16.6. The van der Waals surface area contributed by atoms with Gasteiger partial charge in [0.05, 0.1) is 45.2 Å². The second kappa shape index (κ2) is 17.2. The predicted octanol–water partition coefficient (Wildman–Crippen LogP) is 7.83. The molecule has 5 heteroatoms. The largest absolute Gasteiger partial charge is 0.375 e. The van der Waals surface area contributed by atoms with Crippen molar-refractivity contribution in [1.82, 2.24) is 4.90 Å². The first-order valence-electron chi connectivity index (χ1n) is 16.1. The molecule has 0 aliphatic carbocycles. The van der Waals surface area contributed by atoms with E-state index >= 15 is 0 Å². The number of rotatable bonds is 16. The van der Waals surface area contributed by atoms with Gasteiger partial charge >= 0.3 is 0 Å². The van der Waals surface area contributed by atoms with Crippen molar-refractivity contribution in [2.24, 2.45) is 0 Å². The molecule has 0 radical (unpaired) electrons. The van der Waals surface area contributed by atoms with E-state index in [1.807, 2.05) is 24.3 Å². The lowest BCUT2D eigenvalue weighted by molar-refractivity contribution is -0.216. The molecule has 0 saturated carbocycles. The van der Waals surface area contributed by atoms with E-state index in [0.29, 0.717) is 39.1 Å². The van der Waals surface area contributed by atoms with E-state index in [-0.39, 0.29) is 24.4 Å². The van der Waals surface area contributed by atoms with Crippen LogP contribution in [0.5, 0.6) is 0 Å². The van der Waals surface area contributed by atoms with Crippen molar-refractivity contribution in [3.05, 3.63) is 144 Å². The fourth-order valence-electron chi connectivity index (χ4n) is 6.17. The summed E-state index contributed by atoms with van der Waals surface area (Å²) in [7, 11) is 0. The molecule has 1 saturated heterocycles. The number of hydrogen-bond acceptors (Lipinski definition) is 5. The number of piperidine rings is 1. The minimum Gasteiger partial charge on any atom is -0.375 e. The molecule has 1 aliphatic heterocycles. The number of benzene rings is 4. The van der Waals surface area contributed by atoms with Crippen molar-refractivity contribution in [3.8, 4) is 0 Å². The Bertz CT molecular complexity index is 1320. The summed E-state index contributed by atoms with van der Waals surface area (Å²) in [5, 5.41) is 0. The van der Waals surface area contributed by atoms with E-state index < -0.39 is 0 Å². The Morgan fingerprint density at radius 3 is 1.41 bits per heavy atom. The van der Waals surface area contributed by atoms with Crippen LogP contribution in [0.4, 0.5) is 0 Å². The van der Waals surface area contributed by atoms with Gasteiger partial charge in [-0.25, -0.2) is 0 Å². The number of nitrogens with zero attached hydrogens (tertiary/aromatic N) is 1. The summed E-state index contributed by atoms with van der Waals surface area (Å²) in [6.07, 6.45) is 1.37. The first-order chi connectivity index (χ1) is 21.7. The Morgan fingerprint density at radius 1 is 0.545 bits per heavy atom. The van der Waals surface area contributed by atoms with E-state index in [1.165, 1.54) is 5.56 Å². The maximum Gasteiger partial charge on any atom is 0.113 e. The Morgan fingerprint density at radius 2 is 0.955 bits per heavy atom. The summed E-state index contributed by atoms with van der Waals surface area (Å²) < 4.78 is 27.0. The molecule has 5 rings (SSSR count). The van der Waals surface area contributed by atoms with E-state index in [9.17, 15) is 0 Å². The topological polar surface area (TPSA) is 40.2 Å². The van der Waals surface area contributed by atoms with Crippen LogP contribution in [0.25, 0.3) is 0 Å². The molecule has 4 aromatic rings. The smallest absolute Gasteiger partial charge is 0.113 e. The van der Waals surface area contributed by atoms with Gasteiger partial charge in [0, 0.05) is 12.6 Å². The van der Waals surface area contributed by atoms with Crippen LogP contribution in [-0.2, 0) is 45.4 Å². The first-order valence-corrected chi connectivity index (χ1v) is 16.1. The highest BCUT2D eigenvalue weighted by Gasteiger charge is 2.47. The molecule has 0 amide bonds. The quantitative estimate of drug-likeness (QED) is 0.132. The second-order valence-electron chi connectivity index (χ2n) is 11.6. The maximum atomic E-state index is 6.91. The van der Waals surface area contributed by atoms with Crippen LogP contribution < -0.4 is 0 Å². The molecule has 0 bridgehead atoms. The molecule has 0 spiro atoms. The summed E-state index contributed by atoms with van der Waals surface area (Å²) in [6, 6.07) is 41.9. The molecule has 4 atom stereocenters. The minimum atomic E-state index is -0.279. The molecule has 1 fully saturated rings. The molecular formula is C39H47NO4. The molecule has 4 aromatic carbocycles. The number of hydrogen-bond donors (Lipinski definition) is 0. The number of ether oxygens (including phenoxy) is 4. The van der Waals surface area contributed by atoms with Gasteiger partial charge in [0.1, 0.15) is 12.2 Å². The Hall–Kier alpha value is -3.32. The van der Waals surface area contributed by atoms with Crippen molar-refractivity contribution in [2.45, 2.75) is 83.5 Å². The Labute approximate surface area is 263 Å². The zero-order valence-corrected chi connectivity index (χ0v) is 26.2. The van der Waals surface area contributed by atoms with Crippen LogP contribution in [0.2, 0.25) is 0 Å². The first kappa shape index (κ1) is 32.1. The maximum absolute atomic E-state index is 6.91. The standard InChI is InChI=1S/C39H47NO4/c1-3-35(4-2)40-25-37(42-27-32-19-11-6-12-20-32)39(44-29-34-23-15-8-16-24-34)38(43-28-33-21-13-7-14-22-33)36(40)30-41-26-31-17-9-5-10-18-31/h5-24,35-39H,3-4,25-30H2,1-2H3. The summed E-state index contributed by atoms with van der Waals surface area (Å²) in [5.41, 5.74) is 4.59. The fourth-order valence-corrected chi connectivity index (χ4v) is 6.17. The second-order valence-corrected chi connectivity index (χ2v) is 11.6. The monoisotopic (exact) mass is 593 g/mol. The zero-order chi connectivity index (χ0) is 30.4. The van der Waals surface area contributed by atoms with Crippen LogP contribution in [0.1, 0.15) is 48.9 Å². The van der Waals surface area contributed by atoms with E-state index in [4.69, 9.17) is 18.9 Å². The third-order valence-electron chi connectivity index (χ3n) is 8.58. The lowest BCUT2D eigenvalue weighted by Crippen LogP contribution is -2.66. The molecule has 1 heterocycles. The van der Waals surface area contributed by atoms with Gasteiger partial charge in [0.2, 0.25) is 0 Å².